The van der Waals surface area contributed by atoms with Gasteiger partial charge in [0.05, 0.1) is 0 Å². The van der Waals surface area contributed by atoms with E-state index in [9.17, 15) is 4.79 Å². The van der Waals surface area contributed by atoms with E-state index in [1.807, 2.05) is 4.90 Å². The van der Waals surface area contributed by atoms with Gasteiger partial charge in [0.25, 0.3) is 5.91 Å². The predicted molar refractivity (Wildman–Crippen MR) is 82.9 cm³/mol. The number of nitrogens with zero attached hydrogens (tertiary/aromatic N) is 2. The smallest absolute Gasteiger partial charge is 0.274 e. The van der Waals surface area contributed by atoms with E-state index in [4.69, 9.17) is 0 Å². The average Bonchev–Trinajstić information content (AvgIpc) is 3.01. The Morgan fingerprint density at radius 1 is 1.14 bits per heavy atom. The number of fused-ring (bicyclic) bond motifs is 3. The Morgan fingerprint density at radius 3 is 2.86 bits per heavy atom. The van der Waals surface area contributed by atoms with Gasteiger partial charge >= 0.3 is 0 Å². The lowest BCUT2D eigenvalue weighted by Gasteiger charge is -2.24. The summed E-state index contributed by atoms with van der Waals surface area (Å²) < 4.78 is 0. The summed E-state index contributed by atoms with van der Waals surface area (Å²) in [5.41, 5.74) is 3.06. The first-order valence-corrected chi connectivity index (χ1v) is 7.92. The highest BCUT2D eigenvalue weighted by molar-refractivity contribution is 5.94. The number of aromatic nitrogens is 2. The van der Waals surface area contributed by atoms with E-state index < -0.39 is 0 Å². The SMILES string of the molecule is Cl.O=C(c1n[nH]c2c1CCCC2)N1CC[C@H]2CC[C@@H](C1)N2. The molecule has 2 atom stereocenters. The van der Waals surface area contributed by atoms with Crippen LogP contribution in [0.15, 0.2) is 0 Å². The first-order chi connectivity index (χ1) is 9.81. The highest BCUT2D eigenvalue weighted by Gasteiger charge is 2.33. The van der Waals surface area contributed by atoms with E-state index in [1.54, 1.807) is 0 Å². The second-order valence-electron chi connectivity index (χ2n) is 6.41. The van der Waals surface area contributed by atoms with E-state index in [1.165, 1.54) is 36.9 Å². The topological polar surface area (TPSA) is 61.0 Å². The number of aryl methyl sites for hydroxylation is 1. The molecule has 6 heteroatoms. The van der Waals surface area contributed by atoms with Gasteiger partial charge in [0, 0.05) is 36.4 Å². The van der Waals surface area contributed by atoms with Crippen LogP contribution in [0.2, 0.25) is 0 Å². The Bertz CT molecular complexity index is 530. The molecule has 2 saturated heterocycles. The van der Waals surface area contributed by atoms with Crippen LogP contribution in [0.25, 0.3) is 0 Å². The Balaban J connectivity index is 0.00000132. The summed E-state index contributed by atoms with van der Waals surface area (Å²) in [5.74, 6) is 0.138. The molecule has 0 saturated carbocycles. The fourth-order valence-corrected chi connectivity index (χ4v) is 3.94. The molecule has 0 unspecified atom stereocenters. The Hall–Kier alpha value is -1.07. The first-order valence-electron chi connectivity index (χ1n) is 7.92. The third-order valence-electron chi connectivity index (χ3n) is 5.07. The normalized spacial score (nSPS) is 27.7. The lowest BCUT2D eigenvalue weighted by molar-refractivity contribution is 0.0741. The number of amides is 1. The number of nitrogens with one attached hydrogen (secondary N) is 2. The van der Waals surface area contributed by atoms with Crippen molar-refractivity contribution in [3.8, 4) is 0 Å². The van der Waals surface area contributed by atoms with Crippen LogP contribution < -0.4 is 5.32 Å². The van der Waals surface area contributed by atoms with Crippen LogP contribution in [-0.2, 0) is 12.8 Å². The van der Waals surface area contributed by atoms with Gasteiger partial charge in [0.15, 0.2) is 5.69 Å². The van der Waals surface area contributed by atoms with Crippen LogP contribution in [-0.4, -0.2) is 46.2 Å². The minimum atomic E-state index is 0. The van der Waals surface area contributed by atoms with Gasteiger partial charge in [-0.05, 0) is 44.9 Å². The predicted octanol–water partition coefficient (Wildman–Crippen LogP) is 1.68. The molecular weight excluding hydrogens is 288 g/mol. The molecule has 1 aliphatic carbocycles. The lowest BCUT2D eigenvalue weighted by Crippen LogP contribution is -2.39. The van der Waals surface area contributed by atoms with Crippen LogP contribution in [0, 0.1) is 0 Å². The minimum absolute atomic E-state index is 0. The van der Waals surface area contributed by atoms with Gasteiger partial charge in [0.1, 0.15) is 0 Å². The number of hydrogen-bond acceptors (Lipinski definition) is 3. The van der Waals surface area contributed by atoms with Gasteiger partial charge < -0.3 is 10.2 Å². The fourth-order valence-electron chi connectivity index (χ4n) is 3.94. The molecule has 0 spiro atoms. The van der Waals surface area contributed by atoms with Crippen molar-refractivity contribution in [2.75, 3.05) is 13.1 Å². The maximum Gasteiger partial charge on any atom is 0.274 e. The third-order valence-corrected chi connectivity index (χ3v) is 5.07. The molecule has 2 bridgehead atoms. The van der Waals surface area contributed by atoms with E-state index in [0.29, 0.717) is 17.8 Å². The monoisotopic (exact) mass is 310 g/mol. The van der Waals surface area contributed by atoms with Crippen molar-refractivity contribution in [1.82, 2.24) is 20.4 Å². The van der Waals surface area contributed by atoms with Gasteiger partial charge in [-0.15, -0.1) is 12.4 Å². The molecule has 21 heavy (non-hydrogen) atoms. The Kier molecular flexibility index (Phi) is 4.22. The second kappa shape index (κ2) is 5.97. The van der Waals surface area contributed by atoms with Crippen LogP contribution in [0.4, 0.5) is 0 Å². The van der Waals surface area contributed by atoms with Crippen LogP contribution >= 0.6 is 12.4 Å². The van der Waals surface area contributed by atoms with Crippen LogP contribution in [0.3, 0.4) is 0 Å². The lowest BCUT2D eigenvalue weighted by atomic mass is 9.95. The van der Waals surface area contributed by atoms with E-state index in [0.717, 1.165) is 32.4 Å². The third kappa shape index (κ3) is 2.69. The average molecular weight is 311 g/mol. The van der Waals surface area contributed by atoms with Crippen molar-refractivity contribution in [2.24, 2.45) is 0 Å². The van der Waals surface area contributed by atoms with Crippen molar-refractivity contribution < 1.29 is 4.79 Å². The number of halogens is 1. The molecule has 3 heterocycles. The highest BCUT2D eigenvalue weighted by Crippen LogP contribution is 2.25. The van der Waals surface area contributed by atoms with Crippen molar-refractivity contribution in [2.45, 2.75) is 57.0 Å². The number of likely N-dealkylation sites (tertiary alicyclic amines) is 1. The minimum Gasteiger partial charge on any atom is -0.336 e. The van der Waals surface area contributed by atoms with E-state index in [-0.39, 0.29) is 18.3 Å². The molecule has 1 amide bonds. The number of H-pyrrole nitrogens is 1. The first kappa shape index (κ1) is 14.9. The molecule has 2 fully saturated rings. The molecule has 116 valence electrons. The molecule has 4 rings (SSSR count). The summed E-state index contributed by atoms with van der Waals surface area (Å²) in [4.78, 5) is 14.8. The summed E-state index contributed by atoms with van der Waals surface area (Å²) in [6.07, 6.45) is 7.98. The molecular formula is C15H23ClN4O. The summed E-state index contributed by atoms with van der Waals surface area (Å²) in [6.45, 7) is 1.71. The summed E-state index contributed by atoms with van der Waals surface area (Å²) >= 11 is 0. The number of carbonyl (C=O) groups is 1. The zero-order chi connectivity index (χ0) is 13.5. The van der Waals surface area contributed by atoms with Gasteiger partial charge in [-0.2, -0.15) is 5.10 Å². The van der Waals surface area contributed by atoms with Gasteiger partial charge in [-0.3, -0.25) is 9.89 Å². The standard InChI is InChI=1S/C15H22N4O.ClH/c20-15(14-12-3-1-2-4-13(12)17-18-14)19-8-7-10-5-6-11(9-19)16-10;/h10-11,16H,1-9H2,(H,17,18);1H/t10-,11+;/m1./s1. The zero-order valence-corrected chi connectivity index (χ0v) is 13.0. The second-order valence-corrected chi connectivity index (χ2v) is 6.41. The quantitative estimate of drug-likeness (QED) is 0.829. The molecule has 0 aromatic carbocycles. The Morgan fingerprint density at radius 2 is 1.95 bits per heavy atom. The number of aromatic amines is 1. The largest absolute Gasteiger partial charge is 0.336 e. The number of rotatable bonds is 1. The molecule has 2 N–H and O–H groups in total. The van der Waals surface area contributed by atoms with Crippen LogP contribution in [0.5, 0.6) is 0 Å². The Labute approximate surface area is 131 Å². The number of carbonyl (C=O) groups excluding carboxylic acids is 1. The van der Waals surface area contributed by atoms with Gasteiger partial charge in [-0.25, -0.2) is 0 Å². The van der Waals surface area contributed by atoms with Gasteiger partial charge in [0.2, 0.25) is 0 Å². The summed E-state index contributed by atoms with van der Waals surface area (Å²) in [7, 11) is 0. The van der Waals surface area contributed by atoms with Crippen molar-refractivity contribution in [1.29, 1.82) is 0 Å². The van der Waals surface area contributed by atoms with E-state index in [2.05, 4.69) is 15.5 Å². The summed E-state index contributed by atoms with van der Waals surface area (Å²) in [5, 5.41) is 11.0. The molecule has 3 aliphatic rings. The summed E-state index contributed by atoms with van der Waals surface area (Å²) in [6, 6.07) is 1.10. The maximum absolute atomic E-state index is 12.8. The van der Waals surface area contributed by atoms with Crippen molar-refractivity contribution in [3.63, 3.8) is 0 Å². The number of hydrogen-bond donors (Lipinski definition) is 2. The van der Waals surface area contributed by atoms with Crippen molar-refractivity contribution in [3.05, 3.63) is 17.0 Å². The molecule has 1 aromatic heterocycles. The highest BCUT2D eigenvalue weighted by atomic mass is 35.5. The zero-order valence-electron chi connectivity index (χ0n) is 12.2. The molecule has 1 aromatic rings. The molecule has 0 radical (unpaired) electrons. The fraction of sp³-hybridized carbons (Fsp3) is 0.733. The van der Waals surface area contributed by atoms with Crippen molar-refractivity contribution >= 4 is 18.3 Å². The van der Waals surface area contributed by atoms with E-state index >= 15 is 0 Å². The maximum atomic E-state index is 12.8. The molecule has 2 aliphatic heterocycles. The molecule has 5 nitrogen and oxygen atoms in total. The van der Waals surface area contributed by atoms with Crippen LogP contribution in [0.1, 0.15) is 53.8 Å². The van der Waals surface area contributed by atoms with Gasteiger partial charge in [-0.1, -0.05) is 0 Å².